The van der Waals surface area contributed by atoms with E-state index in [0.717, 1.165) is 25.1 Å². The first kappa shape index (κ1) is 69.4. The van der Waals surface area contributed by atoms with Gasteiger partial charge in [-0.2, -0.15) is 0 Å². The van der Waals surface area contributed by atoms with Gasteiger partial charge < -0.3 is 94.4 Å². The van der Waals surface area contributed by atoms with E-state index in [-0.39, 0.29) is 177 Å². The molecule has 24 bridgehead atoms. The van der Waals surface area contributed by atoms with Crippen molar-refractivity contribution < 1.29 is 101 Å². The number of amides is 6. The number of carbonyl (C=O) groups is 8. The zero-order valence-electron chi connectivity index (χ0n) is 55.9. The number of hydrogen-bond donors (Lipinski definition) is 6. The van der Waals surface area contributed by atoms with Crippen LogP contribution in [0.1, 0.15) is 181 Å². The van der Waals surface area contributed by atoms with E-state index < -0.39 is 59.7 Å². The monoisotopic (exact) mass is 1460 g/mol. The molecule has 2 aliphatic rings. The molecule has 0 radical (unpaired) electrons. The van der Waals surface area contributed by atoms with E-state index in [9.17, 15) is 38.4 Å². The van der Waals surface area contributed by atoms with Gasteiger partial charge in [0.15, 0.2) is 68.3 Å². The molecular formula is C66H60N18O22. The second kappa shape index (κ2) is 31.3. The highest BCUT2D eigenvalue weighted by molar-refractivity contribution is 5.94. The van der Waals surface area contributed by atoms with Crippen molar-refractivity contribution in [2.45, 2.75) is 115 Å². The summed E-state index contributed by atoms with van der Waals surface area (Å²) in [6.07, 6.45) is 20.2. The summed E-state index contributed by atoms with van der Waals surface area (Å²) in [6, 6.07) is -3.86. The van der Waals surface area contributed by atoms with Gasteiger partial charge >= 0.3 is 11.9 Å². The molecular weight excluding hydrogens is 1400 g/mol. The normalized spacial score (nSPS) is 15.8. The highest BCUT2D eigenvalue weighted by atomic mass is 16.5. The van der Waals surface area contributed by atoms with Crippen LogP contribution >= 0.6 is 0 Å². The molecule has 0 saturated carbocycles. The van der Waals surface area contributed by atoms with E-state index in [4.69, 9.17) is 62.5 Å². The summed E-state index contributed by atoms with van der Waals surface area (Å²) in [5.74, 6) is -4.63. The van der Waals surface area contributed by atoms with Crippen molar-refractivity contribution >= 4 is 47.4 Å². The van der Waals surface area contributed by atoms with Gasteiger partial charge in [0.2, 0.25) is 82.5 Å². The van der Waals surface area contributed by atoms with Crippen LogP contribution in [0.5, 0.6) is 0 Å². The van der Waals surface area contributed by atoms with Crippen LogP contribution in [-0.2, 0) is 28.7 Å². The molecule has 14 heterocycles. The fourth-order valence-electron chi connectivity index (χ4n) is 10.8. The number of carbonyl (C=O) groups excluding carboxylic acids is 8. The van der Waals surface area contributed by atoms with Crippen LogP contribution in [0.25, 0.3) is 92.7 Å². The van der Waals surface area contributed by atoms with Crippen LogP contribution in [0.4, 0.5) is 0 Å². The first-order valence-corrected chi connectivity index (χ1v) is 33.1. The lowest BCUT2D eigenvalue weighted by Gasteiger charge is -2.15. The molecule has 14 rings (SSSR count). The van der Waals surface area contributed by atoms with Gasteiger partial charge in [-0.25, -0.2) is 59.8 Å². The number of esters is 2. The maximum absolute atomic E-state index is 13.8. The quantitative estimate of drug-likeness (QED) is 0.0292. The van der Waals surface area contributed by atoms with E-state index in [2.05, 4.69) is 91.7 Å². The first-order chi connectivity index (χ1) is 51.6. The van der Waals surface area contributed by atoms with Crippen molar-refractivity contribution in [3.05, 3.63) is 121 Å². The van der Waals surface area contributed by atoms with Crippen molar-refractivity contribution in [1.29, 1.82) is 0 Å². The number of nitrogens with one attached hydrogen (secondary N) is 6. The van der Waals surface area contributed by atoms with Crippen LogP contribution in [0.3, 0.4) is 0 Å². The van der Waals surface area contributed by atoms with Gasteiger partial charge in [-0.05, 0) is 51.4 Å². The summed E-state index contributed by atoms with van der Waals surface area (Å²) in [4.78, 5) is 157. The second-order valence-electron chi connectivity index (χ2n) is 23.9. The summed E-state index contributed by atoms with van der Waals surface area (Å²) >= 11 is 0. The molecule has 2 unspecified atom stereocenters. The number of aromatic nitrogens is 12. The molecule has 546 valence electrons. The van der Waals surface area contributed by atoms with Crippen molar-refractivity contribution in [2.75, 3.05) is 26.3 Å². The third kappa shape index (κ3) is 16.4. The number of hydrogen-bond acceptors (Lipinski definition) is 34. The Morgan fingerprint density at radius 2 is 0.547 bits per heavy atom. The zero-order chi connectivity index (χ0) is 73.2. The van der Waals surface area contributed by atoms with E-state index in [1.165, 1.54) is 64.0 Å². The highest BCUT2D eigenvalue weighted by Crippen LogP contribution is 2.33. The van der Waals surface area contributed by atoms with E-state index in [1.807, 2.05) is 0 Å². The largest absolute Gasteiger partial charge is 0.463 e. The van der Waals surface area contributed by atoms with Gasteiger partial charge in [0.1, 0.15) is 113 Å². The van der Waals surface area contributed by atoms with Gasteiger partial charge in [-0.3, -0.25) is 38.4 Å². The molecule has 4 atom stereocenters. The van der Waals surface area contributed by atoms with Gasteiger partial charge in [0.25, 0.3) is 23.6 Å². The fraction of sp³-hybridized carbons (Fsp3) is 0.333. The summed E-state index contributed by atoms with van der Waals surface area (Å²) in [5.41, 5.74) is 0.344. The Kier molecular flexibility index (Phi) is 20.5. The minimum absolute atomic E-state index is 0.00428. The number of unbranched alkanes of at least 4 members (excludes halogenated alkanes) is 5. The van der Waals surface area contributed by atoms with Crippen LogP contribution in [0.15, 0.2) is 128 Å². The lowest BCUT2D eigenvalue weighted by Crippen LogP contribution is -2.32. The molecule has 0 fully saturated rings. The van der Waals surface area contributed by atoms with E-state index >= 15 is 0 Å². The predicted octanol–water partition coefficient (Wildman–Crippen LogP) is 8.13. The number of fused-ring (bicyclic) bond motifs is 32. The van der Waals surface area contributed by atoms with Crippen molar-refractivity contribution in [3.8, 4) is 92.7 Å². The lowest BCUT2D eigenvalue weighted by molar-refractivity contribution is -0.142. The number of nitrogens with zero attached hydrogens (tertiary/aromatic N) is 12. The van der Waals surface area contributed by atoms with Gasteiger partial charge in [-0.1, -0.05) is 12.8 Å². The minimum Gasteiger partial charge on any atom is -0.463 e. The number of oxazole rings is 12. The summed E-state index contributed by atoms with van der Waals surface area (Å²) in [5, 5.41) is 17.0. The molecule has 40 heteroatoms. The van der Waals surface area contributed by atoms with Gasteiger partial charge in [0, 0.05) is 39.8 Å². The average molecular weight is 1460 g/mol. The SMILES string of the molecule is CC(=O)OC[C@@H]1NC(=O)c2coc(n2)-c2coc(n2)-c2coc(n2)C(CCCCNC(=O)CCCCCCC(=O)NCCCCC2NC(=O)c3coc(n3)-c3coc(n3)-c3coc(n3)[C@H](COC(C)=O)NC(=O)c3coc(n3)-c3coc(n3)-c3coc2n3)NC(=O)c2coc(n2)-c2coc(n2)-c2coc1n2. The van der Waals surface area contributed by atoms with Gasteiger partial charge in [0.05, 0.1) is 0 Å². The second-order valence-corrected chi connectivity index (χ2v) is 23.9. The average Bonchev–Trinajstić information content (AvgIpc) is 1.67. The Labute approximate surface area is 593 Å². The van der Waals surface area contributed by atoms with E-state index in [0.29, 0.717) is 77.3 Å². The third-order valence-electron chi connectivity index (χ3n) is 16.2. The molecule has 2 aliphatic heterocycles. The fourth-order valence-corrected chi connectivity index (χ4v) is 10.8. The maximum Gasteiger partial charge on any atom is 0.302 e. The van der Waals surface area contributed by atoms with Crippen LogP contribution < -0.4 is 31.9 Å². The van der Waals surface area contributed by atoms with Crippen LogP contribution in [0, 0.1) is 0 Å². The highest BCUT2D eigenvalue weighted by Gasteiger charge is 2.32. The smallest absolute Gasteiger partial charge is 0.302 e. The topological polar surface area (TPSA) is 540 Å². The lowest BCUT2D eigenvalue weighted by atomic mass is 10.1. The molecule has 106 heavy (non-hydrogen) atoms. The molecule has 0 aliphatic carbocycles. The molecule has 0 saturated heterocycles. The summed E-state index contributed by atoms with van der Waals surface area (Å²) in [6.45, 7) is 2.34. The Morgan fingerprint density at radius 3 is 0.830 bits per heavy atom. The zero-order valence-corrected chi connectivity index (χ0v) is 55.9. The molecule has 40 nitrogen and oxygen atoms in total. The molecule has 0 spiro atoms. The molecule has 12 aromatic rings. The Bertz CT molecular complexity index is 4830. The number of ether oxygens (including phenoxy) is 2. The number of rotatable bonds is 21. The Morgan fingerprint density at radius 1 is 0.311 bits per heavy atom. The van der Waals surface area contributed by atoms with Crippen molar-refractivity contribution in [1.82, 2.24) is 91.7 Å². The van der Waals surface area contributed by atoms with E-state index in [1.54, 1.807) is 0 Å². The molecule has 0 aromatic carbocycles. The Balaban J connectivity index is 0.534. The van der Waals surface area contributed by atoms with Crippen molar-refractivity contribution in [2.24, 2.45) is 0 Å². The Hall–Kier alpha value is -13.7. The first-order valence-electron chi connectivity index (χ1n) is 33.1. The van der Waals surface area contributed by atoms with Crippen LogP contribution in [-0.4, -0.2) is 133 Å². The van der Waals surface area contributed by atoms with Crippen molar-refractivity contribution in [3.63, 3.8) is 0 Å². The summed E-state index contributed by atoms with van der Waals surface area (Å²) < 4.78 is 78.5. The molecule has 6 N–H and O–H groups in total. The summed E-state index contributed by atoms with van der Waals surface area (Å²) in [7, 11) is 0. The third-order valence-corrected chi connectivity index (χ3v) is 16.2. The van der Waals surface area contributed by atoms with Crippen LogP contribution in [0.2, 0.25) is 0 Å². The van der Waals surface area contributed by atoms with Gasteiger partial charge in [-0.15, -0.1) is 0 Å². The standard InChI is InChI=1S/C66H60N18O22/c1-31(85)93-21-39-57-79-47(29-101-57)65-83-41(27-105-65)59-73-35(17-95-59)51(89)69-33(55-77-45(23-99-55)63-81-43(25-103-63)61-75-37(19-97-61)53(91)71-39)11-7-9-15-67-49(87)13-5-3-4-6-14-50(88)68-16-10-8-12-34-56-78-46(24-100-56)64-82-44(26-104-64)62-76-38(20-98-62)54(92)72-40(22-94-32(2)86)58-80-48(30-102-58)66-84-42(28-106-66)60-74-36(18-96-60)52(90)70-34/h17-20,23-30,33-34,39-40H,3-16,21-22H2,1-2H3,(H,67,87)(H,68,88)(H,69,89)(H,70,90)(H,71,91)(H,72,92)/t33?,34?,39-,40-/m0/s1. The minimum atomic E-state index is -1.10. The molecule has 6 amide bonds. The molecule has 12 aromatic heterocycles. The predicted molar refractivity (Wildman–Crippen MR) is 346 cm³/mol. The maximum atomic E-state index is 13.8.